The molecule has 0 aliphatic rings. The molecule has 0 fully saturated rings. The summed E-state index contributed by atoms with van der Waals surface area (Å²) in [5.41, 5.74) is 9.86. The van der Waals surface area contributed by atoms with Crippen molar-refractivity contribution in [1.82, 2.24) is 5.32 Å². The second-order valence-corrected chi connectivity index (χ2v) is 1.25. The Labute approximate surface area is 47.5 Å². The Morgan fingerprint density at radius 1 is 1.62 bits per heavy atom. The van der Waals surface area contributed by atoms with Gasteiger partial charge in [0.25, 0.3) is 0 Å². The van der Waals surface area contributed by atoms with Gasteiger partial charge in [0.2, 0.25) is 5.91 Å². The number of carbonyl (C=O) groups is 1. The van der Waals surface area contributed by atoms with Crippen LogP contribution in [0, 0.1) is 0 Å². The van der Waals surface area contributed by atoms with Crippen molar-refractivity contribution < 1.29 is 4.79 Å². The molecule has 8 heavy (non-hydrogen) atoms. The van der Waals surface area contributed by atoms with Crippen molar-refractivity contribution in [2.24, 2.45) is 11.5 Å². The molecule has 4 nitrogen and oxygen atoms in total. The monoisotopic (exact) mass is 115 g/mol. The summed E-state index contributed by atoms with van der Waals surface area (Å²) >= 11 is 0. The summed E-state index contributed by atoms with van der Waals surface area (Å²) in [5.74, 6) is -0.269. The molecule has 0 saturated heterocycles. The molecule has 0 unspecified atom stereocenters. The van der Waals surface area contributed by atoms with Gasteiger partial charge in [-0.15, -0.1) is 0 Å². The van der Waals surface area contributed by atoms with Crippen molar-refractivity contribution >= 4 is 5.91 Å². The van der Waals surface area contributed by atoms with Crippen molar-refractivity contribution in [3.05, 3.63) is 11.9 Å². The van der Waals surface area contributed by atoms with Gasteiger partial charge in [-0.05, 0) is 0 Å². The van der Waals surface area contributed by atoms with Crippen molar-refractivity contribution in [3.8, 4) is 0 Å². The minimum Gasteiger partial charge on any atom is -0.385 e. The molecule has 0 atom stereocenters. The van der Waals surface area contributed by atoms with E-state index in [1.807, 2.05) is 0 Å². The molecule has 46 valence electrons. The van der Waals surface area contributed by atoms with Crippen molar-refractivity contribution in [2.75, 3.05) is 7.05 Å². The zero-order valence-corrected chi connectivity index (χ0v) is 4.64. The minimum atomic E-state index is -0.545. The second-order valence-electron chi connectivity index (χ2n) is 1.25. The summed E-state index contributed by atoms with van der Waals surface area (Å²) < 4.78 is 0. The highest BCUT2D eigenvalue weighted by Gasteiger charge is 1.85. The number of rotatable bonds is 2. The summed E-state index contributed by atoms with van der Waals surface area (Å²) in [7, 11) is 1.61. The van der Waals surface area contributed by atoms with Gasteiger partial charge in [-0.1, -0.05) is 0 Å². The van der Waals surface area contributed by atoms with Crippen LogP contribution in [0.2, 0.25) is 0 Å². The molecule has 1 amide bonds. The molecule has 0 aliphatic carbocycles. The van der Waals surface area contributed by atoms with Gasteiger partial charge in [0.05, 0.1) is 0 Å². The molecule has 0 spiro atoms. The van der Waals surface area contributed by atoms with Crippen LogP contribution in [0.15, 0.2) is 11.9 Å². The van der Waals surface area contributed by atoms with Crippen LogP contribution in [0.25, 0.3) is 0 Å². The molecule has 0 aromatic carbocycles. The summed E-state index contributed by atoms with van der Waals surface area (Å²) in [4.78, 5) is 9.99. The fourth-order valence-corrected chi connectivity index (χ4v) is 0.225. The normalized spacial score (nSPS) is 10.9. The van der Waals surface area contributed by atoms with Gasteiger partial charge in [-0.2, -0.15) is 0 Å². The molecule has 0 saturated carbocycles. The Morgan fingerprint density at radius 2 is 2.12 bits per heavy atom. The molecule has 0 heterocycles. The Hall–Kier alpha value is -1.19. The third-order valence-electron chi connectivity index (χ3n) is 0.586. The molecule has 0 aromatic heterocycles. The van der Waals surface area contributed by atoms with Crippen LogP contribution < -0.4 is 16.8 Å². The van der Waals surface area contributed by atoms with Crippen LogP contribution in [0.5, 0.6) is 0 Å². The topological polar surface area (TPSA) is 81.1 Å². The lowest BCUT2D eigenvalue weighted by Gasteiger charge is -1.93. The number of carbonyl (C=O) groups excluding carboxylic acids is 1. The van der Waals surface area contributed by atoms with E-state index in [0.29, 0.717) is 0 Å². The van der Waals surface area contributed by atoms with Gasteiger partial charge < -0.3 is 16.8 Å². The highest BCUT2D eigenvalue weighted by molar-refractivity contribution is 5.86. The molecule has 0 aliphatic heterocycles. The number of hydrogen-bond acceptors (Lipinski definition) is 3. The molecule has 4 heteroatoms. The largest absolute Gasteiger partial charge is 0.385 e. The van der Waals surface area contributed by atoms with Gasteiger partial charge in [0.1, 0.15) is 5.82 Å². The number of primary amides is 1. The first kappa shape index (κ1) is 6.81. The Morgan fingerprint density at radius 3 is 2.25 bits per heavy atom. The molecular formula is C4H9N3O. The standard InChI is InChI=1S/C4H9N3O/c1-7-3(5)2-4(6)8/h2,7H,5H2,1H3,(H2,6,8)/b3-2+. The second kappa shape index (κ2) is 2.90. The summed E-state index contributed by atoms with van der Waals surface area (Å²) in [6.45, 7) is 0. The Balaban J connectivity index is 3.75. The fraction of sp³-hybridized carbons (Fsp3) is 0.250. The molecular weight excluding hydrogens is 106 g/mol. The highest BCUT2D eigenvalue weighted by atomic mass is 16.1. The lowest BCUT2D eigenvalue weighted by molar-refractivity contribution is -0.113. The maximum absolute atomic E-state index is 9.99. The Kier molecular flexibility index (Phi) is 2.47. The van der Waals surface area contributed by atoms with E-state index in [1.165, 1.54) is 0 Å². The lowest BCUT2D eigenvalue weighted by atomic mass is 10.5. The predicted molar refractivity (Wildman–Crippen MR) is 30.5 cm³/mol. The quantitative estimate of drug-likeness (QED) is 0.383. The van der Waals surface area contributed by atoms with Gasteiger partial charge >= 0.3 is 0 Å². The third-order valence-corrected chi connectivity index (χ3v) is 0.586. The molecule has 5 N–H and O–H groups in total. The van der Waals surface area contributed by atoms with E-state index < -0.39 is 5.91 Å². The van der Waals surface area contributed by atoms with E-state index in [4.69, 9.17) is 11.5 Å². The molecule has 0 rings (SSSR count). The average Bonchev–Trinajstić information content (AvgIpc) is 1.65. The van der Waals surface area contributed by atoms with Crippen molar-refractivity contribution in [3.63, 3.8) is 0 Å². The molecule has 0 radical (unpaired) electrons. The number of nitrogens with one attached hydrogen (secondary N) is 1. The van der Waals surface area contributed by atoms with Crippen LogP contribution in [0.1, 0.15) is 0 Å². The van der Waals surface area contributed by atoms with E-state index in [-0.39, 0.29) is 5.82 Å². The fourth-order valence-electron chi connectivity index (χ4n) is 0.225. The maximum Gasteiger partial charge on any atom is 0.245 e. The van der Waals surface area contributed by atoms with Crippen LogP contribution in [0.4, 0.5) is 0 Å². The molecule has 0 bridgehead atoms. The first-order valence-electron chi connectivity index (χ1n) is 2.11. The van der Waals surface area contributed by atoms with Crippen molar-refractivity contribution in [1.29, 1.82) is 0 Å². The number of amides is 1. The summed E-state index contributed by atoms with van der Waals surface area (Å²) in [6, 6.07) is 0. The van der Waals surface area contributed by atoms with Gasteiger partial charge in [0.15, 0.2) is 0 Å². The zero-order chi connectivity index (χ0) is 6.57. The van der Waals surface area contributed by atoms with Crippen LogP contribution in [-0.4, -0.2) is 13.0 Å². The lowest BCUT2D eigenvalue weighted by Crippen LogP contribution is -2.18. The highest BCUT2D eigenvalue weighted by Crippen LogP contribution is 1.70. The van der Waals surface area contributed by atoms with Crippen LogP contribution >= 0.6 is 0 Å². The van der Waals surface area contributed by atoms with Crippen LogP contribution in [0.3, 0.4) is 0 Å². The summed E-state index contributed by atoms with van der Waals surface area (Å²) in [5, 5.41) is 2.53. The number of hydrogen-bond donors (Lipinski definition) is 3. The van der Waals surface area contributed by atoms with Crippen molar-refractivity contribution in [2.45, 2.75) is 0 Å². The molecule has 0 aromatic rings. The SMILES string of the molecule is CN/C(N)=C/C(N)=O. The van der Waals surface area contributed by atoms with Gasteiger partial charge in [-0.25, -0.2) is 0 Å². The average molecular weight is 115 g/mol. The van der Waals surface area contributed by atoms with E-state index in [1.54, 1.807) is 7.05 Å². The van der Waals surface area contributed by atoms with E-state index in [9.17, 15) is 4.79 Å². The van der Waals surface area contributed by atoms with Crippen LogP contribution in [-0.2, 0) is 4.79 Å². The first-order chi connectivity index (χ1) is 3.66. The third kappa shape index (κ3) is 3.02. The van der Waals surface area contributed by atoms with E-state index in [2.05, 4.69) is 5.32 Å². The predicted octanol–water partition coefficient (Wildman–Crippen LogP) is -1.51. The van der Waals surface area contributed by atoms with Gasteiger partial charge in [0, 0.05) is 13.1 Å². The summed E-state index contributed by atoms with van der Waals surface area (Å²) in [6.07, 6.45) is 1.11. The van der Waals surface area contributed by atoms with E-state index in [0.717, 1.165) is 6.08 Å². The zero-order valence-electron chi connectivity index (χ0n) is 4.64. The Bertz CT molecular complexity index is 118. The van der Waals surface area contributed by atoms with E-state index >= 15 is 0 Å². The smallest absolute Gasteiger partial charge is 0.245 e. The first-order valence-corrected chi connectivity index (χ1v) is 2.11. The van der Waals surface area contributed by atoms with Gasteiger partial charge in [-0.3, -0.25) is 4.79 Å². The minimum absolute atomic E-state index is 0.275. The maximum atomic E-state index is 9.99. The number of nitrogens with two attached hydrogens (primary N) is 2.